The SMILES string of the molecule is C=CCn1c(SCC(=O)Nc2ccc(OC)c(OC)c2)nnc1-c1ccc(OC)c(OC)c1. The topological polar surface area (TPSA) is 96.7 Å². The maximum Gasteiger partial charge on any atom is 0.234 e. The number of aromatic nitrogens is 3. The van der Waals surface area contributed by atoms with Gasteiger partial charge in [0, 0.05) is 23.9 Å². The molecule has 0 unspecified atom stereocenters. The molecule has 0 radical (unpaired) electrons. The van der Waals surface area contributed by atoms with E-state index in [1.54, 1.807) is 52.7 Å². The van der Waals surface area contributed by atoms with Crippen LogP contribution in [-0.4, -0.2) is 54.9 Å². The van der Waals surface area contributed by atoms with Gasteiger partial charge in [0.2, 0.25) is 5.91 Å². The first-order valence-electron chi connectivity index (χ1n) is 9.95. The summed E-state index contributed by atoms with van der Waals surface area (Å²) in [4.78, 5) is 12.5. The van der Waals surface area contributed by atoms with Crippen molar-refractivity contribution in [2.75, 3.05) is 39.5 Å². The molecule has 3 rings (SSSR count). The Kier molecular flexibility index (Phi) is 8.20. The first-order valence-corrected chi connectivity index (χ1v) is 10.9. The van der Waals surface area contributed by atoms with Crippen molar-refractivity contribution < 1.29 is 23.7 Å². The molecule has 0 aliphatic heterocycles. The van der Waals surface area contributed by atoms with Crippen molar-refractivity contribution in [2.45, 2.75) is 11.7 Å². The summed E-state index contributed by atoms with van der Waals surface area (Å²) in [6.07, 6.45) is 1.75. The number of rotatable bonds is 11. The molecular weight excluding hydrogens is 444 g/mol. The van der Waals surface area contributed by atoms with E-state index in [-0.39, 0.29) is 11.7 Å². The largest absolute Gasteiger partial charge is 0.493 e. The quantitative estimate of drug-likeness (QED) is 0.333. The lowest BCUT2D eigenvalue weighted by atomic mass is 10.2. The molecule has 3 aromatic rings. The van der Waals surface area contributed by atoms with Crippen molar-refractivity contribution in [3.8, 4) is 34.4 Å². The van der Waals surface area contributed by atoms with Gasteiger partial charge in [-0.3, -0.25) is 9.36 Å². The van der Waals surface area contributed by atoms with Gasteiger partial charge in [-0.2, -0.15) is 0 Å². The number of carbonyl (C=O) groups is 1. The summed E-state index contributed by atoms with van der Waals surface area (Å²) in [5, 5.41) is 12.1. The van der Waals surface area contributed by atoms with Crippen LogP contribution in [0.5, 0.6) is 23.0 Å². The van der Waals surface area contributed by atoms with E-state index in [0.29, 0.717) is 46.2 Å². The lowest BCUT2D eigenvalue weighted by Gasteiger charge is -2.11. The second kappa shape index (κ2) is 11.3. The van der Waals surface area contributed by atoms with E-state index < -0.39 is 0 Å². The van der Waals surface area contributed by atoms with Crippen LogP contribution in [-0.2, 0) is 11.3 Å². The van der Waals surface area contributed by atoms with Crippen LogP contribution in [0.15, 0.2) is 54.2 Å². The molecule has 1 heterocycles. The summed E-state index contributed by atoms with van der Waals surface area (Å²) < 4.78 is 23.1. The van der Waals surface area contributed by atoms with Crippen LogP contribution in [0.2, 0.25) is 0 Å². The maximum absolute atomic E-state index is 12.5. The number of hydrogen-bond acceptors (Lipinski definition) is 8. The van der Waals surface area contributed by atoms with E-state index in [2.05, 4.69) is 22.1 Å². The van der Waals surface area contributed by atoms with Crippen molar-refractivity contribution in [3.05, 3.63) is 49.1 Å². The number of carbonyl (C=O) groups excluding carboxylic acids is 1. The highest BCUT2D eigenvalue weighted by molar-refractivity contribution is 7.99. The van der Waals surface area contributed by atoms with Gasteiger partial charge in [0.1, 0.15) is 0 Å². The van der Waals surface area contributed by atoms with Gasteiger partial charge < -0.3 is 24.3 Å². The average Bonchev–Trinajstić information content (AvgIpc) is 3.24. The Hall–Kier alpha value is -3.66. The monoisotopic (exact) mass is 470 g/mol. The minimum absolute atomic E-state index is 0.148. The van der Waals surface area contributed by atoms with E-state index >= 15 is 0 Å². The Balaban J connectivity index is 1.75. The Morgan fingerprint density at radius 3 is 2.24 bits per heavy atom. The Morgan fingerprint density at radius 2 is 1.61 bits per heavy atom. The van der Waals surface area contributed by atoms with Crippen molar-refractivity contribution in [3.63, 3.8) is 0 Å². The van der Waals surface area contributed by atoms with Crippen LogP contribution in [0.3, 0.4) is 0 Å². The molecule has 1 N–H and O–H groups in total. The Labute approximate surface area is 196 Å². The standard InChI is InChI=1S/C23H26N4O5S/c1-6-11-27-22(15-7-9-17(29-2)19(12-15)31-4)25-26-23(27)33-14-21(28)24-16-8-10-18(30-3)20(13-16)32-5/h6-10,12-13H,1,11,14H2,2-5H3,(H,24,28). The summed E-state index contributed by atoms with van der Waals surface area (Å²) in [6, 6.07) is 10.7. The number of anilines is 1. The first-order chi connectivity index (χ1) is 16.0. The highest BCUT2D eigenvalue weighted by atomic mass is 32.2. The Bertz CT molecular complexity index is 1130. The fraction of sp³-hybridized carbons (Fsp3) is 0.261. The maximum atomic E-state index is 12.5. The van der Waals surface area contributed by atoms with E-state index in [1.165, 1.54) is 11.8 Å². The number of ether oxygens (including phenoxy) is 4. The van der Waals surface area contributed by atoms with Crippen molar-refractivity contribution in [1.82, 2.24) is 14.8 Å². The van der Waals surface area contributed by atoms with Gasteiger partial charge in [-0.1, -0.05) is 17.8 Å². The molecule has 33 heavy (non-hydrogen) atoms. The van der Waals surface area contributed by atoms with Crippen LogP contribution in [0.1, 0.15) is 0 Å². The third kappa shape index (κ3) is 5.58. The number of thioether (sulfide) groups is 1. The predicted molar refractivity (Wildman–Crippen MR) is 128 cm³/mol. The smallest absolute Gasteiger partial charge is 0.234 e. The zero-order valence-electron chi connectivity index (χ0n) is 19.0. The summed E-state index contributed by atoms with van der Waals surface area (Å²) in [5.74, 6) is 2.93. The number of nitrogens with zero attached hydrogens (tertiary/aromatic N) is 3. The number of amides is 1. The van der Waals surface area contributed by atoms with Gasteiger partial charge in [-0.25, -0.2) is 0 Å². The molecule has 0 saturated heterocycles. The van der Waals surface area contributed by atoms with Gasteiger partial charge >= 0.3 is 0 Å². The molecule has 0 spiro atoms. The molecule has 0 saturated carbocycles. The molecule has 0 aliphatic carbocycles. The van der Waals surface area contributed by atoms with Gasteiger partial charge in [0.05, 0.1) is 34.2 Å². The minimum atomic E-state index is -0.187. The Morgan fingerprint density at radius 1 is 0.970 bits per heavy atom. The van der Waals surface area contributed by atoms with Crippen LogP contribution >= 0.6 is 11.8 Å². The average molecular weight is 471 g/mol. The van der Waals surface area contributed by atoms with Crippen LogP contribution < -0.4 is 24.3 Å². The highest BCUT2D eigenvalue weighted by Gasteiger charge is 2.17. The lowest BCUT2D eigenvalue weighted by molar-refractivity contribution is -0.113. The molecule has 1 aromatic heterocycles. The zero-order valence-corrected chi connectivity index (χ0v) is 19.8. The summed E-state index contributed by atoms with van der Waals surface area (Å²) >= 11 is 1.28. The van der Waals surface area contributed by atoms with Gasteiger partial charge in [-0.05, 0) is 30.3 Å². The third-order valence-electron chi connectivity index (χ3n) is 4.67. The molecule has 9 nitrogen and oxygen atoms in total. The van der Waals surface area contributed by atoms with Crippen LogP contribution in [0.25, 0.3) is 11.4 Å². The molecule has 1 amide bonds. The second-order valence-corrected chi connectivity index (χ2v) is 7.62. The predicted octanol–water partition coefficient (Wildman–Crippen LogP) is 3.90. The number of allylic oxidation sites excluding steroid dienone is 1. The second-order valence-electron chi connectivity index (χ2n) is 6.68. The number of benzene rings is 2. The van der Waals surface area contributed by atoms with E-state index in [1.807, 2.05) is 22.8 Å². The van der Waals surface area contributed by atoms with Gasteiger partial charge in [0.25, 0.3) is 0 Å². The van der Waals surface area contributed by atoms with Gasteiger partial charge in [0.15, 0.2) is 34.0 Å². The molecule has 0 bridgehead atoms. The third-order valence-corrected chi connectivity index (χ3v) is 5.64. The van der Waals surface area contributed by atoms with Crippen LogP contribution in [0.4, 0.5) is 5.69 Å². The van der Waals surface area contributed by atoms with Crippen LogP contribution in [0, 0.1) is 0 Å². The number of nitrogens with one attached hydrogen (secondary N) is 1. The zero-order chi connectivity index (χ0) is 23.8. The van der Waals surface area contributed by atoms with E-state index in [0.717, 1.165) is 5.56 Å². The highest BCUT2D eigenvalue weighted by Crippen LogP contribution is 2.33. The fourth-order valence-electron chi connectivity index (χ4n) is 3.12. The molecule has 0 aliphatic rings. The molecule has 0 atom stereocenters. The lowest BCUT2D eigenvalue weighted by Crippen LogP contribution is -2.14. The summed E-state index contributed by atoms with van der Waals surface area (Å²) in [5.41, 5.74) is 1.42. The molecule has 10 heteroatoms. The van der Waals surface area contributed by atoms with Crippen molar-refractivity contribution in [1.29, 1.82) is 0 Å². The molecular formula is C23H26N4O5S. The number of methoxy groups -OCH3 is 4. The van der Waals surface area contributed by atoms with Gasteiger partial charge in [-0.15, -0.1) is 16.8 Å². The fourth-order valence-corrected chi connectivity index (χ4v) is 3.87. The van der Waals surface area contributed by atoms with E-state index in [9.17, 15) is 4.79 Å². The summed E-state index contributed by atoms with van der Waals surface area (Å²) in [6.45, 7) is 4.30. The summed E-state index contributed by atoms with van der Waals surface area (Å²) in [7, 11) is 6.26. The molecule has 0 fully saturated rings. The number of hydrogen-bond donors (Lipinski definition) is 1. The minimum Gasteiger partial charge on any atom is -0.493 e. The first kappa shape index (κ1) is 24.0. The molecule has 2 aromatic carbocycles. The van der Waals surface area contributed by atoms with E-state index in [4.69, 9.17) is 18.9 Å². The van der Waals surface area contributed by atoms with Crippen molar-refractivity contribution in [2.24, 2.45) is 0 Å². The van der Waals surface area contributed by atoms with Crippen molar-refractivity contribution >= 4 is 23.4 Å². The molecule has 174 valence electrons. The normalized spacial score (nSPS) is 10.4.